The van der Waals surface area contributed by atoms with Crippen molar-refractivity contribution in [2.75, 3.05) is 13.7 Å². The summed E-state index contributed by atoms with van der Waals surface area (Å²) in [6.07, 6.45) is 5.59. The van der Waals surface area contributed by atoms with Gasteiger partial charge in [-0.2, -0.15) is 5.10 Å². The molecule has 10 heteroatoms. The van der Waals surface area contributed by atoms with Gasteiger partial charge in [0.2, 0.25) is 11.8 Å². The van der Waals surface area contributed by atoms with Gasteiger partial charge >= 0.3 is 5.97 Å². The molecule has 1 aromatic rings. The van der Waals surface area contributed by atoms with Gasteiger partial charge in [0, 0.05) is 18.7 Å². The van der Waals surface area contributed by atoms with Gasteiger partial charge in [-0.25, -0.2) is 4.79 Å². The molecule has 0 unspecified atom stereocenters. The molecular formula is C19H27N5O5. The average Bonchev–Trinajstić information content (AvgIpc) is 3.36. The number of nitrogens with zero attached hydrogens (tertiary/aromatic N) is 1. The van der Waals surface area contributed by atoms with E-state index in [1.54, 1.807) is 0 Å². The molecule has 4 N–H and O–H groups in total. The molecule has 0 spiro atoms. The Balaban J connectivity index is 1.66. The Morgan fingerprint density at radius 2 is 2.00 bits per heavy atom. The summed E-state index contributed by atoms with van der Waals surface area (Å²) in [7, 11) is 1.24. The number of carbonyl (C=O) groups excluding carboxylic acids is 4. The fraction of sp³-hybridized carbons (Fsp3) is 0.632. The van der Waals surface area contributed by atoms with Crippen molar-refractivity contribution in [2.45, 2.75) is 50.6 Å². The summed E-state index contributed by atoms with van der Waals surface area (Å²) >= 11 is 0. The van der Waals surface area contributed by atoms with Gasteiger partial charge in [-0.15, -0.1) is 0 Å². The molecule has 2 aliphatic rings. The smallest absolute Gasteiger partial charge is 0.328 e. The van der Waals surface area contributed by atoms with E-state index in [-0.39, 0.29) is 23.9 Å². The van der Waals surface area contributed by atoms with Crippen LogP contribution in [0.4, 0.5) is 0 Å². The summed E-state index contributed by atoms with van der Waals surface area (Å²) in [5.74, 6) is -1.63. The topological polar surface area (TPSA) is 142 Å². The van der Waals surface area contributed by atoms with Crippen LogP contribution >= 0.6 is 0 Å². The summed E-state index contributed by atoms with van der Waals surface area (Å²) in [4.78, 5) is 49.5. The third-order valence-corrected chi connectivity index (χ3v) is 5.35. The molecule has 2 fully saturated rings. The van der Waals surface area contributed by atoms with Crippen LogP contribution in [0.5, 0.6) is 0 Å². The largest absolute Gasteiger partial charge is 0.467 e. The van der Waals surface area contributed by atoms with E-state index in [1.165, 1.54) is 19.4 Å². The van der Waals surface area contributed by atoms with Gasteiger partial charge in [0.05, 0.1) is 7.11 Å². The van der Waals surface area contributed by atoms with E-state index in [4.69, 9.17) is 4.74 Å². The summed E-state index contributed by atoms with van der Waals surface area (Å²) in [5, 5.41) is 14.5. The first-order valence-electron chi connectivity index (χ1n) is 9.94. The predicted octanol–water partition coefficient (Wildman–Crippen LogP) is -0.118. The van der Waals surface area contributed by atoms with Gasteiger partial charge in [0.1, 0.15) is 17.8 Å². The Bertz CT molecular complexity index is 746. The summed E-state index contributed by atoms with van der Waals surface area (Å²) in [5.41, 5.74) is 0.252. The summed E-state index contributed by atoms with van der Waals surface area (Å²) < 4.78 is 4.82. The van der Waals surface area contributed by atoms with Crippen LogP contribution < -0.4 is 16.0 Å². The van der Waals surface area contributed by atoms with Crippen molar-refractivity contribution in [3.8, 4) is 0 Å². The van der Waals surface area contributed by atoms with Crippen molar-refractivity contribution in [1.29, 1.82) is 0 Å². The Morgan fingerprint density at radius 1 is 1.21 bits per heavy atom. The van der Waals surface area contributed by atoms with Gasteiger partial charge in [-0.05, 0) is 37.7 Å². The first-order valence-corrected chi connectivity index (χ1v) is 9.94. The standard InChI is InChI=1S/C19H27N5O5/c1-29-19(28)15(10-12-3-2-7-20-16(12)25)23-18(27)14(9-11-4-5-11)22-17(26)13-6-8-21-24-13/h6,8,11-12,14-15H,2-5,7,9-10H2,1H3,(H,20,25)(H,21,24)(H,22,26)(H,23,27)/t12-,14-,15-/m0/s1. The van der Waals surface area contributed by atoms with Crippen LogP contribution in [0, 0.1) is 11.8 Å². The van der Waals surface area contributed by atoms with Crippen LogP contribution in [0.2, 0.25) is 0 Å². The molecular weight excluding hydrogens is 378 g/mol. The zero-order chi connectivity index (χ0) is 20.8. The van der Waals surface area contributed by atoms with E-state index in [2.05, 4.69) is 26.1 Å². The highest BCUT2D eigenvalue weighted by Crippen LogP contribution is 2.33. The Labute approximate surface area is 168 Å². The summed E-state index contributed by atoms with van der Waals surface area (Å²) in [6, 6.07) is -0.224. The Hall–Kier alpha value is -2.91. The van der Waals surface area contributed by atoms with E-state index in [0.29, 0.717) is 25.3 Å². The number of H-pyrrole nitrogens is 1. The van der Waals surface area contributed by atoms with Crippen molar-refractivity contribution in [3.63, 3.8) is 0 Å². The maximum Gasteiger partial charge on any atom is 0.328 e. The SMILES string of the molecule is COC(=O)[C@H](C[C@@H]1CCCNC1=O)NC(=O)[C@H](CC1CC1)NC(=O)c1ccn[nH]1. The number of aromatic amines is 1. The van der Waals surface area contributed by atoms with Crippen LogP contribution in [0.15, 0.2) is 12.3 Å². The van der Waals surface area contributed by atoms with Crippen molar-refractivity contribution in [3.05, 3.63) is 18.0 Å². The summed E-state index contributed by atoms with van der Waals surface area (Å²) in [6.45, 7) is 0.619. The van der Waals surface area contributed by atoms with Crippen LogP contribution in [0.3, 0.4) is 0 Å². The van der Waals surface area contributed by atoms with Crippen LogP contribution in [-0.2, 0) is 19.1 Å². The molecule has 0 radical (unpaired) electrons. The molecule has 29 heavy (non-hydrogen) atoms. The van der Waals surface area contributed by atoms with Gasteiger partial charge in [-0.1, -0.05) is 12.8 Å². The molecule has 3 atom stereocenters. The van der Waals surface area contributed by atoms with Crippen molar-refractivity contribution >= 4 is 23.7 Å². The molecule has 1 saturated heterocycles. The third-order valence-electron chi connectivity index (χ3n) is 5.35. The fourth-order valence-electron chi connectivity index (χ4n) is 3.51. The number of amides is 3. The van der Waals surface area contributed by atoms with Crippen LogP contribution in [0.1, 0.15) is 49.0 Å². The normalized spacial score (nSPS) is 20.9. The van der Waals surface area contributed by atoms with E-state index in [1.807, 2.05) is 0 Å². The van der Waals surface area contributed by atoms with Gasteiger partial charge in [0.15, 0.2) is 0 Å². The highest BCUT2D eigenvalue weighted by molar-refractivity contribution is 5.96. The maximum absolute atomic E-state index is 12.9. The molecule has 1 saturated carbocycles. The second-order valence-electron chi connectivity index (χ2n) is 7.63. The minimum absolute atomic E-state index is 0.124. The first kappa shape index (κ1) is 20.8. The number of methoxy groups -OCH3 is 1. The van der Waals surface area contributed by atoms with Crippen molar-refractivity contribution in [1.82, 2.24) is 26.1 Å². The molecule has 158 valence electrons. The van der Waals surface area contributed by atoms with E-state index < -0.39 is 29.9 Å². The number of aromatic nitrogens is 2. The number of carbonyl (C=O) groups is 4. The van der Waals surface area contributed by atoms with Gasteiger partial charge < -0.3 is 20.7 Å². The van der Waals surface area contributed by atoms with E-state index >= 15 is 0 Å². The zero-order valence-corrected chi connectivity index (χ0v) is 16.4. The van der Waals surface area contributed by atoms with Crippen molar-refractivity contribution < 1.29 is 23.9 Å². The lowest BCUT2D eigenvalue weighted by Gasteiger charge is -2.27. The number of nitrogens with one attached hydrogen (secondary N) is 4. The van der Waals surface area contributed by atoms with Crippen molar-refractivity contribution in [2.24, 2.45) is 11.8 Å². The molecule has 1 aromatic heterocycles. The molecule has 0 aromatic carbocycles. The molecule has 3 amide bonds. The van der Waals surface area contributed by atoms with Crippen LogP contribution in [0.25, 0.3) is 0 Å². The second kappa shape index (κ2) is 9.53. The minimum Gasteiger partial charge on any atom is -0.467 e. The number of hydrogen-bond donors (Lipinski definition) is 4. The number of piperidine rings is 1. The lowest BCUT2D eigenvalue weighted by atomic mass is 9.91. The van der Waals surface area contributed by atoms with Gasteiger partial charge in [0.25, 0.3) is 5.91 Å². The Morgan fingerprint density at radius 3 is 2.62 bits per heavy atom. The lowest BCUT2D eigenvalue weighted by molar-refractivity contribution is -0.146. The molecule has 2 heterocycles. The first-order chi connectivity index (χ1) is 14.0. The molecule has 3 rings (SSSR count). The van der Waals surface area contributed by atoms with E-state index in [0.717, 1.165) is 19.3 Å². The predicted molar refractivity (Wildman–Crippen MR) is 101 cm³/mol. The van der Waals surface area contributed by atoms with Gasteiger partial charge in [-0.3, -0.25) is 19.5 Å². The van der Waals surface area contributed by atoms with Crippen LogP contribution in [-0.4, -0.2) is 59.6 Å². The zero-order valence-electron chi connectivity index (χ0n) is 16.4. The number of hydrogen-bond acceptors (Lipinski definition) is 6. The van der Waals surface area contributed by atoms with E-state index in [9.17, 15) is 19.2 Å². The Kier molecular flexibility index (Phi) is 6.84. The number of esters is 1. The maximum atomic E-state index is 12.9. The number of rotatable bonds is 9. The highest BCUT2D eigenvalue weighted by Gasteiger charge is 2.35. The quantitative estimate of drug-likeness (QED) is 0.422. The number of ether oxygens (including phenoxy) is 1. The lowest BCUT2D eigenvalue weighted by Crippen LogP contribution is -2.53. The molecule has 1 aliphatic carbocycles. The molecule has 0 bridgehead atoms. The second-order valence-corrected chi connectivity index (χ2v) is 7.63. The monoisotopic (exact) mass is 405 g/mol. The average molecular weight is 405 g/mol. The third kappa shape index (κ3) is 5.78. The fourth-order valence-corrected chi connectivity index (χ4v) is 3.51. The minimum atomic E-state index is -0.952. The highest BCUT2D eigenvalue weighted by atomic mass is 16.5. The molecule has 10 nitrogen and oxygen atoms in total. The molecule has 1 aliphatic heterocycles.